The van der Waals surface area contributed by atoms with E-state index in [1.54, 1.807) is 41.8 Å². The van der Waals surface area contributed by atoms with Crippen LogP contribution < -0.4 is 10.6 Å². The zero-order valence-corrected chi connectivity index (χ0v) is 16.8. The number of aromatic nitrogens is 4. The van der Waals surface area contributed by atoms with E-state index >= 15 is 0 Å². The largest absolute Gasteiger partial charge is 0.357 e. The molecule has 2 aromatic carbocycles. The van der Waals surface area contributed by atoms with Gasteiger partial charge in [0, 0.05) is 21.3 Å². The summed E-state index contributed by atoms with van der Waals surface area (Å²) in [4.78, 5) is 12.4. The Morgan fingerprint density at radius 3 is 2.45 bits per heavy atom. The van der Waals surface area contributed by atoms with Gasteiger partial charge < -0.3 is 10.6 Å². The van der Waals surface area contributed by atoms with E-state index in [1.165, 1.54) is 0 Å². The topological polar surface area (TPSA) is 84.2 Å². The Morgan fingerprint density at radius 1 is 1.00 bits per heavy atom. The highest BCUT2D eigenvalue weighted by atomic mass is 35.5. The molecular weight excluding hydrogens is 411 g/mol. The quantitative estimate of drug-likeness (QED) is 0.489. The Morgan fingerprint density at radius 2 is 1.72 bits per heavy atom. The molecule has 4 aromatic rings. The first kappa shape index (κ1) is 19.2. The smallest absolute Gasteiger partial charge is 0.246 e. The number of rotatable bonds is 5. The molecule has 1 atom stereocenters. The van der Waals surface area contributed by atoms with Crippen LogP contribution in [0.2, 0.25) is 10.0 Å². The molecule has 1 unspecified atom stereocenters. The van der Waals surface area contributed by atoms with Crippen LogP contribution >= 0.6 is 23.2 Å². The molecule has 7 nitrogen and oxygen atoms in total. The van der Waals surface area contributed by atoms with Gasteiger partial charge in [-0.3, -0.25) is 4.79 Å². The van der Waals surface area contributed by atoms with Crippen LogP contribution in [0.1, 0.15) is 6.92 Å². The monoisotopic (exact) mass is 426 g/mol. The molecule has 0 aliphatic carbocycles. The van der Waals surface area contributed by atoms with Crippen molar-refractivity contribution in [1.82, 2.24) is 19.8 Å². The van der Waals surface area contributed by atoms with Crippen LogP contribution in [0.3, 0.4) is 0 Å². The number of carbonyl (C=O) groups excluding carboxylic acids is 1. The third kappa shape index (κ3) is 4.31. The second-order valence-corrected chi connectivity index (χ2v) is 7.26. The Balaban J connectivity index is 1.58. The van der Waals surface area contributed by atoms with E-state index in [1.807, 2.05) is 30.3 Å². The molecule has 0 aliphatic rings. The SMILES string of the molecule is CC(Nc1ccc2nnc(-c3cc(Cl)cc(Cl)c3)n2n1)C(=O)Nc1ccccc1. The zero-order chi connectivity index (χ0) is 20.4. The molecule has 29 heavy (non-hydrogen) atoms. The minimum atomic E-state index is -0.513. The lowest BCUT2D eigenvalue weighted by atomic mass is 10.2. The fraction of sp³-hybridized carbons (Fsp3) is 0.100. The van der Waals surface area contributed by atoms with Crippen LogP contribution in [0.15, 0.2) is 60.7 Å². The Labute approximate surface area is 176 Å². The number of nitrogens with one attached hydrogen (secondary N) is 2. The van der Waals surface area contributed by atoms with Crippen molar-refractivity contribution in [3.05, 3.63) is 70.7 Å². The molecule has 2 N–H and O–H groups in total. The Hall–Kier alpha value is -3.16. The molecule has 4 rings (SSSR count). The first-order valence-electron chi connectivity index (χ1n) is 8.81. The third-order valence-corrected chi connectivity index (χ3v) is 4.62. The van der Waals surface area contributed by atoms with Gasteiger partial charge in [0.1, 0.15) is 11.9 Å². The first-order valence-corrected chi connectivity index (χ1v) is 9.56. The van der Waals surface area contributed by atoms with Crippen molar-refractivity contribution in [3.63, 3.8) is 0 Å². The van der Waals surface area contributed by atoms with Gasteiger partial charge in [-0.15, -0.1) is 15.3 Å². The molecular formula is C20H16Cl2N6O. The Bertz CT molecular complexity index is 1160. The van der Waals surface area contributed by atoms with Crippen LogP contribution in [-0.4, -0.2) is 31.8 Å². The van der Waals surface area contributed by atoms with Crippen molar-refractivity contribution in [2.24, 2.45) is 0 Å². The van der Waals surface area contributed by atoms with Crippen molar-refractivity contribution >= 4 is 46.3 Å². The fourth-order valence-electron chi connectivity index (χ4n) is 2.79. The van der Waals surface area contributed by atoms with Gasteiger partial charge >= 0.3 is 0 Å². The summed E-state index contributed by atoms with van der Waals surface area (Å²) in [5.74, 6) is 0.820. The summed E-state index contributed by atoms with van der Waals surface area (Å²) in [5, 5.41) is 19.8. The lowest BCUT2D eigenvalue weighted by molar-refractivity contribution is -0.116. The van der Waals surface area contributed by atoms with E-state index in [4.69, 9.17) is 23.2 Å². The lowest BCUT2D eigenvalue weighted by Gasteiger charge is -2.14. The van der Waals surface area contributed by atoms with E-state index in [9.17, 15) is 4.79 Å². The van der Waals surface area contributed by atoms with Gasteiger partial charge in [-0.1, -0.05) is 41.4 Å². The molecule has 2 aromatic heterocycles. The molecule has 0 radical (unpaired) electrons. The van der Waals surface area contributed by atoms with E-state index in [2.05, 4.69) is 25.9 Å². The van der Waals surface area contributed by atoms with Gasteiger partial charge in [0.05, 0.1) is 0 Å². The van der Waals surface area contributed by atoms with Crippen LogP contribution in [0.5, 0.6) is 0 Å². The molecule has 0 saturated carbocycles. The van der Waals surface area contributed by atoms with Crippen LogP contribution in [0.4, 0.5) is 11.5 Å². The average molecular weight is 427 g/mol. The van der Waals surface area contributed by atoms with Gasteiger partial charge in [0.25, 0.3) is 0 Å². The molecule has 1 amide bonds. The van der Waals surface area contributed by atoms with Gasteiger partial charge in [0.2, 0.25) is 5.91 Å². The summed E-state index contributed by atoms with van der Waals surface area (Å²) in [7, 11) is 0. The van der Waals surface area contributed by atoms with Crippen molar-refractivity contribution < 1.29 is 4.79 Å². The number of anilines is 2. The van der Waals surface area contributed by atoms with Crippen LogP contribution in [0.25, 0.3) is 17.0 Å². The summed E-state index contributed by atoms with van der Waals surface area (Å²) in [5.41, 5.74) is 1.98. The van der Waals surface area contributed by atoms with Gasteiger partial charge in [-0.05, 0) is 49.4 Å². The highest BCUT2D eigenvalue weighted by Gasteiger charge is 2.16. The molecule has 2 heterocycles. The highest BCUT2D eigenvalue weighted by Crippen LogP contribution is 2.26. The maximum Gasteiger partial charge on any atom is 0.246 e. The molecule has 0 fully saturated rings. The minimum absolute atomic E-state index is 0.177. The Kier molecular flexibility index (Phi) is 5.33. The molecule has 0 aliphatic heterocycles. The summed E-state index contributed by atoms with van der Waals surface area (Å²) >= 11 is 12.2. The molecule has 0 bridgehead atoms. The maximum atomic E-state index is 12.4. The lowest BCUT2D eigenvalue weighted by Crippen LogP contribution is -2.32. The zero-order valence-electron chi connectivity index (χ0n) is 15.3. The predicted molar refractivity (Wildman–Crippen MR) is 114 cm³/mol. The van der Waals surface area contributed by atoms with Gasteiger partial charge in [-0.2, -0.15) is 4.52 Å². The van der Waals surface area contributed by atoms with Crippen molar-refractivity contribution in [3.8, 4) is 11.4 Å². The predicted octanol–water partition coefficient (Wildman–Crippen LogP) is 4.54. The number of amides is 1. The summed E-state index contributed by atoms with van der Waals surface area (Å²) in [6, 6.07) is 17.4. The number of nitrogens with zero attached hydrogens (tertiary/aromatic N) is 4. The van der Waals surface area contributed by atoms with Gasteiger partial charge in [0.15, 0.2) is 11.5 Å². The second-order valence-electron chi connectivity index (χ2n) is 6.39. The molecule has 146 valence electrons. The molecule has 9 heteroatoms. The summed E-state index contributed by atoms with van der Waals surface area (Å²) in [6.07, 6.45) is 0. The van der Waals surface area contributed by atoms with Crippen LogP contribution in [-0.2, 0) is 4.79 Å². The molecule has 0 saturated heterocycles. The van der Waals surface area contributed by atoms with E-state index in [0.29, 0.717) is 32.9 Å². The van der Waals surface area contributed by atoms with Crippen molar-refractivity contribution in [1.29, 1.82) is 0 Å². The normalized spacial score (nSPS) is 12.0. The third-order valence-electron chi connectivity index (χ3n) is 4.18. The minimum Gasteiger partial charge on any atom is -0.357 e. The number of benzene rings is 2. The highest BCUT2D eigenvalue weighted by molar-refractivity contribution is 6.35. The van der Waals surface area contributed by atoms with Crippen LogP contribution in [0, 0.1) is 0 Å². The molecule has 0 spiro atoms. The number of fused-ring (bicyclic) bond motifs is 1. The number of halogens is 2. The van der Waals surface area contributed by atoms with E-state index in [-0.39, 0.29) is 5.91 Å². The maximum absolute atomic E-state index is 12.4. The van der Waals surface area contributed by atoms with Crippen molar-refractivity contribution in [2.75, 3.05) is 10.6 Å². The summed E-state index contributed by atoms with van der Waals surface area (Å²) < 4.78 is 1.58. The number of carbonyl (C=O) groups is 1. The van der Waals surface area contributed by atoms with Crippen molar-refractivity contribution in [2.45, 2.75) is 13.0 Å². The standard InChI is InChI=1S/C20H16Cl2N6O/c1-12(20(29)24-16-5-3-2-4-6-16)23-17-7-8-18-25-26-19(28(18)27-17)13-9-14(21)11-15(22)10-13/h2-12H,1H3,(H,23,27)(H,24,29). The fourth-order valence-corrected chi connectivity index (χ4v) is 3.31. The van der Waals surface area contributed by atoms with E-state index < -0.39 is 6.04 Å². The first-order chi connectivity index (χ1) is 14.0. The number of para-hydroxylation sites is 1. The average Bonchev–Trinajstić information content (AvgIpc) is 3.11. The van der Waals surface area contributed by atoms with E-state index in [0.717, 1.165) is 5.69 Å². The number of hydrogen-bond donors (Lipinski definition) is 2. The summed E-state index contributed by atoms with van der Waals surface area (Å²) in [6.45, 7) is 1.76. The van der Waals surface area contributed by atoms with Gasteiger partial charge in [-0.25, -0.2) is 0 Å². The second kappa shape index (κ2) is 8.06. The number of hydrogen-bond acceptors (Lipinski definition) is 5.